The summed E-state index contributed by atoms with van der Waals surface area (Å²) in [6.45, 7) is 2.10. The van der Waals surface area contributed by atoms with Crippen LogP contribution in [0.15, 0.2) is 12.3 Å². The zero-order chi connectivity index (χ0) is 11.4. The van der Waals surface area contributed by atoms with Crippen LogP contribution in [0.3, 0.4) is 0 Å². The lowest BCUT2D eigenvalue weighted by Gasteiger charge is -2.12. The van der Waals surface area contributed by atoms with E-state index >= 15 is 0 Å². The molecule has 5 heteroatoms. The van der Waals surface area contributed by atoms with Gasteiger partial charge in [-0.05, 0) is 18.6 Å². The van der Waals surface area contributed by atoms with Crippen molar-refractivity contribution in [2.75, 3.05) is 31.7 Å². The van der Waals surface area contributed by atoms with Crippen LogP contribution in [0.2, 0.25) is 0 Å². The highest BCUT2D eigenvalue weighted by atomic mass is 16.2. The zero-order valence-corrected chi connectivity index (χ0v) is 9.24. The van der Waals surface area contributed by atoms with Crippen molar-refractivity contribution in [3.63, 3.8) is 0 Å². The molecule has 0 radical (unpaired) electrons. The Morgan fingerprint density at radius 1 is 1.60 bits per heavy atom. The summed E-state index contributed by atoms with van der Waals surface area (Å²) in [5.74, 6) is 0.544. The van der Waals surface area contributed by atoms with Crippen molar-refractivity contribution < 1.29 is 4.79 Å². The summed E-state index contributed by atoms with van der Waals surface area (Å²) in [7, 11) is 3.41. The predicted molar refractivity (Wildman–Crippen MR) is 60.6 cm³/mol. The SMILES string of the molecule is Cc1ccnc(NCC(=O)N(C)C)c1N. The highest BCUT2D eigenvalue weighted by molar-refractivity contribution is 5.81. The van der Waals surface area contributed by atoms with Crippen molar-refractivity contribution in [3.05, 3.63) is 17.8 Å². The number of nitrogen functional groups attached to an aromatic ring is 1. The van der Waals surface area contributed by atoms with Gasteiger partial charge in [0.1, 0.15) is 5.82 Å². The zero-order valence-electron chi connectivity index (χ0n) is 9.24. The molecule has 0 atom stereocenters. The third-order valence-electron chi connectivity index (χ3n) is 2.11. The number of anilines is 2. The molecule has 0 aliphatic heterocycles. The van der Waals surface area contributed by atoms with Crippen molar-refractivity contribution in [2.24, 2.45) is 0 Å². The number of pyridine rings is 1. The second-order valence-corrected chi connectivity index (χ2v) is 3.53. The Hall–Kier alpha value is -1.78. The van der Waals surface area contributed by atoms with Crippen molar-refractivity contribution in [1.29, 1.82) is 0 Å². The highest BCUT2D eigenvalue weighted by Crippen LogP contribution is 2.18. The van der Waals surface area contributed by atoms with Crippen LogP contribution in [-0.2, 0) is 4.79 Å². The Morgan fingerprint density at radius 3 is 2.87 bits per heavy atom. The molecule has 0 aliphatic rings. The second-order valence-electron chi connectivity index (χ2n) is 3.53. The van der Waals surface area contributed by atoms with Crippen LogP contribution in [0.5, 0.6) is 0 Å². The molecule has 1 rings (SSSR count). The molecular weight excluding hydrogens is 192 g/mol. The van der Waals surface area contributed by atoms with Crippen LogP contribution in [0.1, 0.15) is 5.56 Å². The molecule has 0 bridgehead atoms. The molecule has 0 saturated carbocycles. The van der Waals surface area contributed by atoms with E-state index in [0.717, 1.165) is 5.56 Å². The number of nitrogens with two attached hydrogens (primary N) is 1. The number of carbonyl (C=O) groups is 1. The third kappa shape index (κ3) is 2.83. The van der Waals surface area contributed by atoms with Gasteiger partial charge in [-0.25, -0.2) is 4.98 Å². The maximum Gasteiger partial charge on any atom is 0.241 e. The van der Waals surface area contributed by atoms with Crippen molar-refractivity contribution in [1.82, 2.24) is 9.88 Å². The molecule has 1 heterocycles. The van der Waals surface area contributed by atoms with Crippen LogP contribution in [0, 0.1) is 6.92 Å². The molecule has 0 aromatic carbocycles. The van der Waals surface area contributed by atoms with Crippen LogP contribution < -0.4 is 11.1 Å². The molecule has 0 unspecified atom stereocenters. The first-order valence-electron chi connectivity index (χ1n) is 4.67. The Kier molecular flexibility index (Phi) is 3.49. The average Bonchev–Trinajstić information content (AvgIpc) is 2.19. The molecular formula is C10H16N4O. The highest BCUT2D eigenvalue weighted by Gasteiger charge is 2.06. The molecule has 0 spiro atoms. The van der Waals surface area contributed by atoms with Crippen molar-refractivity contribution >= 4 is 17.4 Å². The van der Waals surface area contributed by atoms with E-state index in [1.165, 1.54) is 4.90 Å². The van der Waals surface area contributed by atoms with Crippen molar-refractivity contribution in [3.8, 4) is 0 Å². The summed E-state index contributed by atoms with van der Waals surface area (Å²) in [5, 5.41) is 2.91. The summed E-state index contributed by atoms with van der Waals surface area (Å²) in [6, 6.07) is 1.83. The van der Waals surface area contributed by atoms with E-state index in [1.807, 2.05) is 13.0 Å². The Morgan fingerprint density at radius 2 is 2.27 bits per heavy atom. The Bertz CT molecular complexity index is 362. The van der Waals surface area contributed by atoms with E-state index in [2.05, 4.69) is 10.3 Å². The monoisotopic (exact) mass is 208 g/mol. The van der Waals surface area contributed by atoms with Gasteiger partial charge in [0.05, 0.1) is 12.2 Å². The number of likely N-dealkylation sites (N-methyl/N-ethyl adjacent to an activating group) is 1. The minimum Gasteiger partial charge on any atom is -0.396 e. The molecule has 5 nitrogen and oxygen atoms in total. The van der Waals surface area contributed by atoms with Gasteiger partial charge < -0.3 is 16.0 Å². The Balaban J connectivity index is 2.66. The van der Waals surface area contributed by atoms with Gasteiger partial charge in [-0.15, -0.1) is 0 Å². The number of nitrogens with one attached hydrogen (secondary N) is 1. The van der Waals surface area contributed by atoms with Crippen LogP contribution in [0.25, 0.3) is 0 Å². The van der Waals surface area contributed by atoms with Crippen molar-refractivity contribution in [2.45, 2.75) is 6.92 Å². The van der Waals surface area contributed by atoms with E-state index in [-0.39, 0.29) is 12.5 Å². The topological polar surface area (TPSA) is 71.2 Å². The minimum absolute atomic E-state index is 0.0160. The maximum atomic E-state index is 11.3. The average molecular weight is 208 g/mol. The Labute approximate surface area is 89.3 Å². The van der Waals surface area contributed by atoms with Crippen LogP contribution >= 0.6 is 0 Å². The minimum atomic E-state index is -0.0160. The lowest BCUT2D eigenvalue weighted by Crippen LogP contribution is -2.29. The van der Waals surface area contributed by atoms with Gasteiger partial charge in [0.15, 0.2) is 0 Å². The molecule has 82 valence electrons. The lowest BCUT2D eigenvalue weighted by atomic mass is 10.2. The standard InChI is InChI=1S/C10H16N4O/c1-7-4-5-12-10(9(7)11)13-6-8(15)14(2)3/h4-5H,6,11H2,1-3H3,(H,12,13). The maximum absolute atomic E-state index is 11.3. The molecule has 3 N–H and O–H groups in total. The molecule has 0 fully saturated rings. The van der Waals surface area contributed by atoms with Gasteiger partial charge in [0.25, 0.3) is 0 Å². The summed E-state index contributed by atoms with van der Waals surface area (Å²) in [5.41, 5.74) is 7.33. The lowest BCUT2D eigenvalue weighted by molar-refractivity contribution is -0.126. The smallest absolute Gasteiger partial charge is 0.241 e. The van der Waals surface area contributed by atoms with Gasteiger partial charge in [-0.1, -0.05) is 0 Å². The van der Waals surface area contributed by atoms with Crippen LogP contribution in [0.4, 0.5) is 11.5 Å². The van der Waals surface area contributed by atoms with E-state index in [0.29, 0.717) is 11.5 Å². The molecule has 1 aromatic rings. The molecule has 15 heavy (non-hydrogen) atoms. The number of hydrogen-bond acceptors (Lipinski definition) is 4. The number of aryl methyl sites for hydroxylation is 1. The van der Waals surface area contributed by atoms with Gasteiger partial charge in [0.2, 0.25) is 5.91 Å². The first kappa shape index (κ1) is 11.3. The largest absolute Gasteiger partial charge is 0.396 e. The number of nitrogens with zero attached hydrogens (tertiary/aromatic N) is 2. The van der Waals surface area contributed by atoms with Crippen LogP contribution in [-0.4, -0.2) is 36.4 Å². The normalized spacial score (nSPS) is 9.80. The molecule has 0 saturated heterocycles. The first-order valence-corrected chi connectivity index (χ1v) is 4.67. The fraction of sp³-hybridized carbons (Fsp3) is 0.400. The van der Waals surface area contributed by atoms with E-state index in [9.17, 15) is 4.79 Å². The number of carbonyl (C=O) groups excluding carboxylic acids is 1. The third-order valence-corrected chi connectivity index (χ3v) is 2.11. The molecule has 1 amide bonds. The summed E-state index contributed by atoms with van der Waals surface area (Å²) >= 11 is 0. The van der Waals surface area contributed by atoms with E-state index in [4.69, 9.17) is 5.73 Å². The quantitative estimate of drug-likeness (QED) is 0.757. The summed E-state index contributed by atoms with van der Waals surface area (Å²) in [6.07, 6.45) is 1.66. The number of rotatable bonds is 3. The van der Waals surface area contributed by atoms with E-state index < -0.39 is 0 Å². The first-order chi connectivity index (χ1) is 7.02. The fourth-order valence-corrected chi connectivity index (χ4v) is 1.03. The second kappa shape index (κ2) is 4.63. The van der Waals surface area contributed by atoms with Gasteiger partial charge in [-0.3, -0.25) is 4.79 Å². The number of amides is 1. The van der Waals surface area contributed by atoms with Gasteiger partial charge in [0, 0.05) is 20.3 Å². The summed E-state index contributed by atoms with van der Waals surface area (Å²) < 4.78 is 0. The predicted octanol–water partition coefficient (Wildman–Crippen LogP) is 0.472. The number of aromatic nitrogens is 1. The van der Waals surface area contributed by atoms with Gasteiger partial charge >= 0.3 is 0 Å². The van der Waals surface area contributed by atoms with E-state index in [1.54, 1.807) is 20.3 Å². The molecule has 0 aliphatic carbocycles. The summed E-state index contributed by atoms with van der Waals surface area (Å²) in [4.78, 5) is 16.9. The molecule has 1 aromatic heterocycles. The number of hydrogen-bond donors (Lipinski definition) is 2. The van der Waals surface area contributed by atoms with Gasteiger partial charge in [-0.2, -0.15) is 0 Å². The fourth-order valence-electron chi connectivity index (χ4n) is 1.03.